The third kappa shape index (κ3) is 2.66. The summed E-state index contributed by atoms with van der Waals surface area (Å²) in [6.45, 7) is 1.93. The van der Waals surface area contributed by atoms with Crippen LogP contribution in [0, 0.1) is 6.92 Å². The first kappa shape index (κ1) is 13.3. The van der Waals surface area contributed by atoms with Gasteiger partial charge in [-0.15, -0.1) is 0 Å². The molecular formula is C14H16N2O3. The summed E-state index contributed by atoms with van der Waals surface area (Å²) in [5.74, 6) is 0.604. The molecule has 0 saturated carbocycles. The van der Waals surface area contributed by atoms with E-state index in [1.54, 1.807) is 0 Å². The maximum atomic E-state index is 10.4. The molecule has 1 aromatic heterocycles. The lowest BCUT2D eigenvalue weighted by Gasteiger charge is -2.15. The minimum Gasteiger partial charge on any atom is -0.480 e. The summed E-state index contributed by atoms with van der Waals surface area (Å²) in [6.07, 6.45) is 0.578. The largest absolute Gasteiger partial charge is 0.480 e. The Morgan fingerprint density at radius 3 is 2.53 bits per heavy atom. The number of methoxy groups -OCH3 is 2. The average Bonchev–Trinajstić information content (AvgIpc) is 2.46. The molecule has 0 spiro atoms. The van der Waals surface area contributed by atoms with Gasteiger partial charge in [-0.05, 0) is 18.1 Å². The van der Waals surface area contributed by atoms with E-state index in [4.69, 9.17) is 9.47 Å². The van der Waals surface area contributed by atoms with Crippen molar-refractivity contribution in [2.24, 2.45) is 0 Å². The number of ether oxygens (including phenoxy) is 2. The van der Waals surface area contributed by atoms with Crippen molar-refractivity contribution in [3.05, 3.63) is 47.3 Å². The van der Waals surface area contributed by atoms with Crippen molar-refractivity contribution in [3.63, 3.8) is 0 Å². The number of rotatable bonds is 4. The van der Waals surface area contributed by atoms with Gasteiger partial charge in [-0.25, -0.2) is 4.98 Å². The van der Waals surface area contributed by atoms with Crippen LogP contribution in [-0.4, -0.2) is 29.3 Å². The second kappa shape index (κ2) is 5.67. The Balaban J connectivity index is 2.44. The van der Waals surface area contributed by atoms with E-state index < -0.39 is 6.10 Å². The summed E-state index contributed by atoms with van der Waals surface area (Å²) in [7, 11) is 2.98. The number of aliphatic hydroxyl groups is 1. The molecule has 0 aliphatic rings. The standard InChI is InChI=1S/C14H16N2O3/c1-9-6-4-5-7-10(9)13(17)12-14(19-3)16-11(18-2)8-15-12/h4-8,13,17H,1-3H3. The first-order valence-corrected chi connectivity index (χ1v) is 5.86. The topological polar surface area (TPSA) is 64.5 Å². The quantitative estimate of drug-likeness (QED) is 0.909. The van der Waals surface area contributed by atoms with Gasteiger partial charge in [0.05, 0.1) is 20.4 Å². The van der Waals surface area contributed by atoms with E-state index >= 15 is 0 Å². The van der Waals surface area contributed by atoms with E-state index in [1.807, 2.05) is 31.2 Å². The first-order valence-electron chi connectivity index (χ1n) is 5.86. The second-order valence-electron chi connectivity index (χ2n) is 4.07. The van der Waals surface area contributed by atoms with Crippen LogP contribution in [0.15, 0.2) is 30.5 Å². The molecule has 0 aliphatic carbocycles. The minimum absolute atomic E-state index is 0.259. The number of nitrogens with zero attached hydrogens (tertiary/aromatic N) is 2. The summed E-state index contributed by atoms with van der Waals surface area (Å²) < 4.78 is 10.1. The summed E-state index contributed by atoms with van der Waals surface area (Å²) in [5, 5.41) is 10.4. The van der Waals surface area contributed by atoms with Crippen molar-refractivity contribution in [1.82, 2.24) is 9.97 Å². The molecule has 0 aliphatic heterocycles. The smallest absolute Gasteiger partial charge is 0.241 e. The zero-order chi connectivity index (χ0) is 13.8. The van der Waals surface area contributed by atoms with Crippen molar-refractivity contribution in [1.29, 1.82) is 0 Å². The van der Waals surface area contributed by atoms with E-state index in [-0.39, 0.29) is 5.88 Å². The Labute approximate surface area is 111 Å². The predicted octanol–water partition coefficient (Wildman–Crippen LogP) is 1.88. The molecule has 100 valence electrons. The molecule has 1 heterocycles. The van der Waals surface area contributed by atoms with Crippen molar-refractivity contribution >= 4 is 0 Å². The Bertz CT molecular complexity index is 572. The fraction of sp³-hybridized carbons (Fsp3) is 0.286. The Morgan fingerprint density at radius 2 is 1.89 bits per heavy atom. The maximum Gasteiger partial charge on any atom is 0.241 e. The fourth-order valence-corrected chi connectivity index (χ4v) is 1.84. The summed E-state index contributed by atoms with van der Waals surface area (Å²) in [5.41, 5.74) is 2.13. The number of hydrogen-bond donors (Lipinski definition) is 1. The van der Waals surface area contributed by atoms with Gasteiger partial charge in [0, 0.05) is 0 Å². The van der Waals surface area contributed by atoms with Crippen LogP contribution in [-0.2, 0) is 0 Å². The van der Waals surface area contributed by atoms with Gasteiger partial charge in [0.25, 0.3) is 0 Å². The fourth-order valence-electron chi connectivity index (χ4n) is 1.84. The summed E-state index contributed by atoms with van der Waals surface area (Å²) >= 11 is 0. The predicted molar refractivity (Wildman–Crippen MR) is 70.4 cm³/mol. The van der Waals surface area contributed by atoms with Crippen molar-refractivity contribution in [2.75, 3.05) is 14.2 Å². The number of hydrogen-bond acceptors (Lipinski definition) is 5. The zero-order valence-electron chi connectivity index (χ0n) is 11.1. The van der Waals surface area contributed by atoms with Crippen LogP contribution in [0.2, 0.25) is 0 Å². The van der Waals surface area contributed by atoms with Crippen LogP contribution >= 0.6 is 0 Å². The number of benzene rings is 1. The Hall–Kier alpha value is -2.14. The monoisotopic (exact) mass is 260 g/mol. The van der Waals surface area contributed by atoms with E-state index in [0.717, 1.165) is 11.1 Å². The normalized spacial score (nSPS) is 12.0. The lowest BCUT2D eigenvalue weighted by molar-refractivity contribution is 0.206. The SMILES string of the molecule is COc1cnc(C(O)c2ccccc2C)c(OC)n1. The molecule has 1 N–H and O–H groups in total. The highest BCUT2D eigenvalue weighted by atomic mass is 16.5. The lowest BCUT2D eigenvalue weighted by atomic mass is 10.0. The number of aliphatic hydroxyl groups excluding tert-OH is 1. The van der Waals surface area contributed by atoms with Gasteiger partial charge in [-0.3, -0.25) is 0 Å². The Morgan fingerprint density at radius 1 is 1.16 bits per heavy atom. The minimum atomic E-state index is -0.880. The molecule has 2 rings (SSSR count). The molecular weight excluding hydrogens is 244 g/mol. The molecule has 0 saturated heterocycles. The Kier molecular flexibility index (Phi) is 3.97. The molecule has 1 aromatic carbocycles. The number of aryl methyl sites for hydroxylation is 1. The third-order valence-electron chi connectivity index (χ3n) is 2.89. The van der Waals surface area contributed by atoms with Gasteiger partial charge in [0.1, 0.15) is 11.8 Å². The van der Waals surface area contributed by atoms with Crippen molar-refractivity contribution in [3.8, 4) is 11.8 Å². The highest BCUT2D eigenvalue weighted by molar-refractivity contribution is 5.36. The van der Waals surface area contributed by atoms with E-state index in [1.165, 1.54) is 20.4 Å². The zero-order valence-corrected chi connectivity index (χ0v) is 11.1. The van der Waals surface area contributed by atoms with E-state index in [9.17, 15) is 5.11 Å². The van der Waals surface area contributed by atoms with Crippen LogP contribution in [0.5, 0.6) is 11.8 Å². The summed E-state index contributed by atoms with van der Waals surface area (Å²) in [6, 6.07) is 7.57. The van der Waals surface area contributed by atoms with Gasteiger partial charge in [-0.2, -0.15) is 4.98 Å². The van der Waals surface area contributed by atoms with Gasteiger partial charge in [0.2, 0.25) is 11.8 Å². The van der Waals surface area contributed by atoms with Crippen LogP contribution in [0.4, 0.5) is 0 Å². The molecule has 0 bridgehead atoms. The maximum absolute atomic E-state index is 10.4. The molecule has 0 radical (unpaired) electrons. The third-order valence-corrected chi connectivity index (χ3v) is 2.89. The molecule has 5 nitrogen and oxygen atoms in total. The molecule has 0 amide bonds. The summed E-state index contributed by atoms with van der Waals surface area (Å²) in [4.78, 5) is 8.29. The van der Waals surface area contributed by atoms with Gasteiger partial charge in [0.15, 0.2) is 0 Å². The molecule has 19 heavy (non-hydrogen) atoms. The molecule has 5 heteroatoms. The second-order valence-corrected chi connectivity index (χ2v) is 4.07. The molecule has 2 aromatic rings. The van der Waals surface area contributed by atoms with Gasteiger partial charge >= 0.3 is 0 Å². The average molecular weight is 260 g/mol. The molecule has 1 atom stereocenters. The van der Waals surface area contributed by atoms with Crippen LogP contribution in [0.25, 0.3) is 0 Å². The highest BCUT2D eigenvalue weighted by Crippen LogP contribution is 2.29. The lowest BCUT2D eigenvalue weighted by Crippen LogP contribution is -2.08. The van der Waals surface area contributed by atoms with E-state index in [0.29, 0.717) is 11.6 Å². The highest BCUT2D eigenvalue weighted by Gasteiger charge is 2.20. The molecule has 1 unspecified atom stereocenters. The van der Waals surface area contributed by atoms with E-state index in [2.05, 4.69) is 9.97 Å². The van der Waals surface area contributed by atoms with Crippen molar-refractivity contribution < 1.29 is 14.6 Å². The van der Waals surface area contributed by atoms with Crippen LogP contribution in [0.1, 0.15) is 22.9 Å². The first-order chi connectivity index (χ1) is 9.17. The number of aromatic nitrogens is 2. The van der Waals surface area contributed by atoms with Gasteiger partial charge in [-0.1, -0.05) is 24.3 Å². The molecule has 0 fully saturated rings. The van der Waals surface area contributed by atoms with Gasteiger partial charge < -0.3 is 14.6 Å². The van der Waals surface area contributed by atoms with Crippen LogP contribution < -0.4 is 9.47 Å². The van der Waals surface area contributed by atoms with Crippen molar-refractivity contribution in [2.45, 2.75) is 13.0 Å². The van der Waals surface area contributed by atoms with Crippen LogP contribution in [0.3, 0.4) is 0 Å².